The maximum atomic E-state index is 8.75. The van der Waals surface area contributed by atoms with Gasteiger partial charge in [-0.25, -0.2) is 0 Å². The van der Waals surface area contributed by atoms with E-state index >= 15 is 0 Å². The molecule has 0 fully saturated rings. The summed E-state index contributed by atoms with van der Waals surface area (Å²) in [7, 11) is 0. The first-order valence-corrected chi connectivity index (χ1v) is 5.12. The second kappa shape index (κ2) is 5.59. The van der Waals surface area contributed by atoms with Gasteiger partial charge >= 0.3 is 0 Å². The standard InChI is InChI=1S/C11H13ClN2O/c1-8(4-5-15)14-11-3-2-9(7-13)6-10(11)12/h2-3,6,8,14-15H,4-5H2,1H3. The lowest BCUT2D eigenvalue weighted by molar-refractivity contribution is 0.282. The van der Waals surface area contributed by atoms with Crippen molar-refractivity contribution in [2.45, 2.75) is 19.4 Å². The molecule has 80 valence electrons. The molecule has 1 rings (SSSR count). The zero-order chi connectivity index (χ0) is 11.3. The van der Waals surface area contributed by atoms with Crippen LogP contribution < -0.4 is 5.32 Å². The molecule has 0 spiro atoms. The van der Waals surface area contributed by atoms with Gasteiger partial charge in [-0.05, 0) is 31.5 Å². The Balaban J connectivity index is 2.74. The Kier molecular flexibility index (Phi) is 4.41. The highest BCUT2D eigenvalue weighted by molar-refractivity contribution is 6.33. The Hall–Kier alpha value is -1.24. The summed E-state index contributed by atoms with van der Waals surface area (Å²) in [6, 6.07) is 7.28. The van der Waals surface area contributed by atoms with Gasteiger partial charge in [0.15, 0.2) is 0 Å². The van der Waals surface area contributed by atoms with Crippen LogP contribution in [-0.4, -0.2) is 17.8 Å². The smallest absolute Gasteiger partial charge is 0.0992 e. The molecule has 0 aliphatic heterocycles. The topological polar surface area (TPSA) is 56.0 Å². The van der Waals surface area contributed by atoms with Gasteiger partial charge in [0.05, 0.1) is 22.3 Å². The molecule has 0 heterocycles. The molecular formula is C11H13ClN2O. The molecule has 0 amide bonds. The van der Waals surface area contributed by atoms with E-state index in [0.717, 1.165) is 5.69 Å². The van der Waals surface area contributed by atoms with Crippen LogP contribution in [0.5, 0.6) is 0 Å². The normalized spacial score (nSPS) is 11.9. The van der Waals surface area contributed by atoms with Gasteiger partial charge in [0.2, 0.25) is 0 Å². The van der Waals surface area contributed by atoms with Crippen LogP contribution in [0.2, 0.25) is 5.02 Å². The van der Waals surface area contributed by atoms with Gasteiger partial charge < -0.3 is 10.4 Å². The molecule has 0 saturated heterocycles. The summed E-state index contributed by atoms with van der Waals surface area (Å²) in [4.78, 5) is 0. The first kappa shape index (κ1) is 11.8. The van der Waals surface area contributed by atoms with E-state index in [2.05, 4.69) is 5.32 Å². The molecular weight excluding hydrogens is 212 g/mol. The summed E-state index contributed by atoms with van der Waals surface area (Å²) in [5, 5.41) is 21.1. The SMILES string of the molecule is CC(CCO)Nc1ccc(C#N)cc1Cl. The molecule has 1 aromatic rings. The van der Waals surface area contributed by atoms with E-state index in [0.29, 0.717) is 17.0 Å². The van der Waals surface area contributed by atoms with Gasteiger partial charge in [-0.2, -0.15) is 5.26 Å². The predicted octanol–water partition coefficient (Wildman–Crippen LogP) is 2.39. The van der Waals surface area contributed by atoms with Crippen molar-refractivity contribution in [3.8, 4) is 6.07 Å². The van der Waals surface area contributed by atoms with Gasteiger partial charge in [-0.1, -0.05) is 11.6 Å². The summed E-state index contributed by atoms with van der Waals surface area (Å²) in [6.07, 6.45) is 0.663. The van der Waals surface area contributed by atoms with E-state index in [1.807, 2.05) is 13.0 Å². The molecule has 0 aromatic heterocycles. The van der Waals surface area contributed by atoms with Crippen molar-refractivity contribution in [2.24, 2.45) is 0 Å². The van der Waals surface area contributed by atoms with Crippen LogP contribution >= 0.6 is 11.6 Å². The molecule has 0 saturated carbocycles. The summed E-state index contributed by atoms with van der Waals surface area (Å²) >= 11 is 5.98. The van der Waals surface area contributed by atoms with E-state index in [-0.39, 0.29) is 12.6 Å². The van der Waals surface area contributed by atoms with E-state index in [9.17, 15) is 0 Å². The monoisotopic (exact) mass is 224 g/mol. The highest BCUT2D eigenvalue weighted by Crippen LogP contribution is 2.23. The first-order chi connectivity index (χ1) is 7.17. The molecule has 1 aromatic carbocycles. The third-order valence-electron chi connectivity index (χ3n) is 2.06. The molecule has 0 aliphatic carbocycles. The quantitative estimate of drug-likeness (QED) is 0.826. The maximum Gasteiger partial charge on any atom is 0.0992 e. The third-order valence-corrected chi connectivity index (χ3v) is 2.37. The second-order valence-electron chi connectivity index (χ2n) is 3.36. The highest BCUT2D eigenvalue weighted by Gasteiger charge is 2.05. The Bertz CT molecular complexity index is 373. The van der Waals surface area contributed by atoms with Gasteiger partial charge in [-0.15, -0.1) is 0 Å². The van der Waals surface area contributed by atoms with Gasteiger partial charge in [-0.3, -0.25) is 0 Å². The number of rotatable bonds is 4. The average molecular weight is 225 g/mol. The fourth-order valence-corrected chi connectivity index (χ4v) is 1.47. The number of aliphatic hydroxyl groups excluding tert-OH is 1. The fraction of sp³-hybridized carbons (Fsp3) is 0.364. The molecule has 0 aliphatic rings. The van der Waals surface area contributed by atoms with Crippen LogP contribution in [0.3, 0.4) is 0 Å². The van der Waals surface area contributed by atoms with Gasteiger partial charge in [0, 0.05) is 12.6 Å². The first-order valence-electron chi connectivity index (χ1n) is 4.74. The Morgan fingerprint density at radius 3 is 2.87 bits per heavy atom. The average Bonchev–Trinajstić information content (AvgIpc) is 2.21. The highest BCUT2D eigenvalue weighted by atomic mass is 35.5. The van der Waals surface area contributed by atoms with Gasteiger partial charge in [0.25, 0.3) is 0 Å². The number of anilines is 1. The van der Waals surface area contributed by atoms with Crippen LogP contribution in [-0.2, 0) is 0 Å². The van der Waals surface area contributed by atoms with E-state index in [4.69, 9.17) is 22.0 Å². The molecule has 3 nitrogen and oxygen atoms in total. The molecule has 1 atom stereocenters. The minimum absolute atomic E-state index is 0.141. The lowest BCUT2D eigenvalue weighted by Gasteiger charge is -2.15. The number of aliphatic hydroxyl groups is 1. The van der Waals surface area contributed by atoms with Crippen LogP contribution in [0.15, 0.2) is 18.2 Å². The van der Waals surface area contributed by atoms with Crippen molar-refractivity contribution in [3.05, 3.63) is 28.8 Å². The second-order valence-corrected chi connectivity index (χ2v) is 3.77. The third kappa shape index (κ3) is 3.43. The van der Waals surface area contributed by atoms with E-state index < -0.39 is 0 Å². The lowest BCUT2D eigenvalue weighted by atomic mass is 10.2. The Morgan fingerprint density at radius 2 is 2.33 bits per heavy atom. The van der Waals surface area contributed by atoms with E-state index in [1.165, 1.54) is 0 Å². The zero-order valence-corrected chi connectivity index (χ0v) is 9.25. The summed E-state index contributed by atoms with van der Waals surface area (Å²) in [5.41, 5.74) is 1.33. The number of nitrogens with zero attached hydrogens (tertiary/aromatic N) is 1. The van der Waals surface area contributed by atoms with E-state index in [1.54, 1.807) is 18.2 Å². The van der Waals surface area contributed by atoms with Crippen molar-refractivity contribution in [1.29, 1.82) is 5.26 Å². The largest absolute Gasteiger partial charge is 0.396 e. The molecule has 15 heavy (non-hydrogen) atoms. The van der Waals surface area contributed by atoms with Crippen molar-refractivity contribution in [1.82, 2.24) is 0 Å². The Labute approximate surface area is 94.3 Å². The summed E-state index contributed by atoms with van der Waals surface area (Å²) in [5.74, 6) is 0. The van der Waals surface area contributed by atoms with Crippen molar-refractivity contribution < 1.29 is 5.11 Å². The molecule has 0 radical (unpaired) electrons. The molecule has 0 bridgehead atoms. The van der Waals surface area contributed by atoms with Crippen molar-refractivity contribution in [2.75, 3.05) is 11.9 Å². The molecule has 1 unspecified atom stereocenters. The number of nitriles is 1. The number of nitrogens with one attached hydrogen (secondary N) is 1. The van der Waals surface area contributed by atoms with Crippen LogP contribution in [0.4, 0.5) is 5.69 Å². The fourth-order valence-electron chi connectivity index (χ4n) is 1.23. The summed E-state index contributed by atoms with van der Waals surface area (Å²) in [6.45, 7) is 2.10. The minimum atomic E-state index is 0.141. The lowest BCUT2D eigenvalue weighted by Crippen LogP contribution is -2.16. The predicted molar refractivity (Wildman–Crippen MR) is 61.0 cm³/mol. The maximum absolute atomic E-state index is 8.75. The van der Waals surface area contributed by atoms with Crippen LogP contribution in [0.25, 0.3) is 0 Å². The number of halogens is 1. The molecule has 2 N–H and O–H groups in total. The summed E-state index contributed by atoms with van der Waals surface area (Å²) < 4.78 is 0. The van der Waals surface area contributed by atoms with Crippen molar-refractivity contribution in [3.63, 3.8) is 0 Å². The van der Waals surface area contributed by atoms with Gasteiger partial charge in [0.1, 0.15) is 0 Å². The number of hydrogen-bond donors (Lipinski definition) is 2. The number of benzene rings is 1. The zero-order valence-electron chi connectivity index (χ0n) is 8.50. The number of hydrogen-bond acceptors (Lipinski definition) is 3. The Morgan fingerprint density at radius 1 is 1.60 bits per heavy atom. The molecule has 4 heteroatoms. The van der Waals surface area contributed by atoms with Crippen LogP contribution in [0.1, 0.15) is 18.9 Å². The minimum Gasteiger partial charge on any atom is -0.396 e. The van der Waals surface area contributed by atoms with Crippen molar-refractivity contribution >= 4 is 17.3 Å². The van der Waals surface area contributed by atoms with Crippen LogP contribution in [0, 0.1) is 11.3 Å².